The van der Waals surface area contributed by atoms with Gasteiger partial charge in [-0.3, -0.25) is 4.79 Å². The van der Waals surface area contributed by atoms with Crippen molar-refractivity contribution >= 4 is 37.5 Å². The molecule has 1 saturated heterocycles. The van der Waals surface area contributed by atoms with Gasteiger partial charge in [-0.05, 0) is 49.2 Å². The van der Waals surface area contributed by atoms with Gasteiger partial charge in [0, 0.05) is 32.7 Å². The Morgan fingerprint density at radius 2 is 1.84 bits per heavy atom. The fourth-order valence-corrected chi connectivity index (χ4v) is 6.32. The molecule has 7 nitrogen and oxygen atoms in total. The van der Waals surface area contributed by atoms with Gasteiger partial charge >= 0.3 is 0 Å². The van der Waals surface area contributed by atoms with Crippen LogP contribution in [-0.2, 0) is 26.1 Å². The summed E-state index contributed by atoms with van der Waals surface area (Å²) in [6.45, 7) is 1.53. The average Bonchev–Trinajstić information content (AvgIpc) is 3.14. The van der Waals surface area contributed by atoms with Gasteiger partial charge in [0.1, 0.15) is 5.82 Å². The van der Waals surface area contributed by atoms with E-state index >= 15 is 0 Å². The molecular formula is C22H24FN3O4S2. The van der Waals surface area contributed by atoms with Gasteiger partial charge in [-0.1, -0.05) is 23.5 Å². The first kappa shape index (κ1) is 22.8. The van der Waals surface area contributed by atoms with Crippen LogP contribution in [0.2, 0.25) is 0 Å². The number of rotatable bonds is 6. The molecule has 1 aliphatic heterocycles. The predicted octanol–water partition coefficient (Wildman–Crippen LogP) is 3.02. The van der Waals surface area contributed by atoms with Gasteiger partial charge in [0.25, 0.3) is 5.91 Å². The predicted molar refractivity (Wildman–Crippen MR) is 120 cm³/mol. The number of amides is 1. The van der Waals surface area contributed by atoms with E-state index in [9.17, 15) is 17.6 Å². The van der Waals surface area contributed by atoms with E-state index < -0.39 is 15.8 Å². The van der Waals surface area contributed by atoms with Crippen molar-refractivity contribution in [3.05, 3.63) is 59.1 Å². The minimum absolute atomic E-state index is 0.0535. The number of carbonyl (C=O) groups is 1. The summed E-state index contributed by atoms with van der Waals surface area (Å²) in [7, 11) is -2.08. The van der Waals surface area contributed by atoms with Gasteiger partial charge < -0.3 is 9.30 Å². The van der Waals surface area contributed by atoms with E-state index in [1.807, 2.05) is 28.8 Å². The van der Waals surface area contributed by atoms with Crippen LogP contribution in [0.25, 0.3) is 10.2 Å². The SMILES string of the molecule is COCCn1c(=NC(=O)C2CCN(S(=O)(=O)c3ccc(F)cc3)CC2)sc2ccccc21. The molecule has 32 heavy (non-hydrogen) atoms. The van der Waals surface area contributed by atoms with Crippen LogP contribution in [0.15, 0.2) is 58.4 Å². The molecule has 1 aliphatic rings. The number of thiazole rings is 1. The monoisotopic (exact) mass is 477 g/mol. The molecule has 0 spiro atoms. The maximum Gasteiger partial charge on any atom is 0.251 e. The van der Waals surface area contributed by atoms with Crippen LogP contribution in [0.5, 0.6) is 0 Å². The van der Waals surface area contributed by atoms with Crippen LogP contribution in [0.3, 0.4) is 0 Å². The number of piperidine rings is 1. The lowest BCUT2D eigenvalue weighted by Crippen LogP contribution is -2.40. The summed E-state index contributed by atoms with van der Waals surface area (Å²) in [5, 5.41) is 0. The second kappa shape index (κ2) is 9.62. The third-order valence-electron chi connectivity index (χ3n) is 5.57. The summed E-state index contributed by atoms with van der Waals surface area (Å²) < 4.78 is 48.3. The van der Waals surface area contributed by atoms with Crippen molar-refractivity contribution in [2.45, 2.75) is 24.3 Å². The summed E-state index contributed by atoms with van der Waals surface area (Å²) in [6, 6.07) is 12.7. The standard InChI is InChI=1S/C22H24FN3O4S2/c1-30-15-14-26-19-4-2-3-5-20(19)31-22(26)24-21(27)16-10-12-25(13-11-16)32(28,29)18-8-6-17(23)7-9-18/h2-9,16H,10-15H2,1H3. The number of hydrogen-bond acceptors (Lipinski definition) is 5. The number of nitrogens with zero attached hydrogens (tertiary/aromatic N) is 3. The van der Waals surface area contributed by atoms with E-state index in [0.29, 0.717) is 30.8 Å². The van der Waals surface area contributed by atoms with Gasteiger partial charge in [0.15, 0.2) is 4.80 Å². The lowest BCUT2D eigenvalue weighted by Gasteiger charge is -2.29. The molecule has 1 aromatic heterocycles. The minimum Gasteiger partial charge on any atom is -0.383 e. The quantitative estimate of drug-likeness (QED) is 0.547. The number of para-hydroxylation sites is 1. The number of hydrogen-bond donors (Lipinski definition) is 0. The van der Waals surface area contributed by atoms with Crippen LogP contribution in [0, 0.1) is 11.7 Å². The molecule has 0 N–H and O–H groups in total. The van der Waals surface area contributed by atoms with Gasteiger partial charge in [-0.25, -0.2) is 12.8 Å². The summed E-state index contributed by atoms with van der Waals surface area (Å²) in [5.41, 5.74) is 1.00. The van der Waals surface area contributed by atoms with Crippen molar-refractivity contribution in [3.63, 3.8) is 0 Å². The van der Waals surface area contributed by atoms with Crippen LogP contribution in [0.1, 0.15) is 12.8 Å². The fraction of sp³-hybridized carbons (Fsp3) is 0.364. The molecule has 1 fully saturated rings. The molecule has 0 aliphatic carbocycles. The van der Waals surface area contributed by atoms with E-state index in [-0.39, 0.29) is 29.8 Å². The number of aromatic nitrogens is 1. The smallest absolute Gasteiger partial charge is 0.251 e. The maximum atomic E-state index is 13.1. The molecule has 4 rings (SSSR count). The van der Waals surface area contributed by atoms with Crippen molar-refractivity contribution in [1.29, 1.82) is 0 Å². The molecule has 0 unspecified atom stereocenters. The van der Waals surface area contributed by atoms with Crippen LogP contribution in [0.4, 0.5) is 4.39 Å². The highest BCUT2D eigenvalue weighted by Crippen LogP contribution is 2.25. The Morgan fingerprint density at radius 3 is 2.53 bits per heavy atom. The Hall–Kier alpha value is -2.40. The van der Waals surface area contributed by atoms with Gasteiger partial charge in [-0.2, -0.15) is 9.30 Å². The molecule has 0 atom stereocenters. The van der Waals surface area contributed by atoms with Crippen LogP contribution >= 0.6 is 11.3 Å². The number of carbonyl (C=O) groups excluding carboxylic acids is 1. The average molecular weight is 478 g/mol. The lowest BCUT2D eigenvalue weighted by atomic mass is 9.98. The number of halogens is 1. The molecule has 170 valence electrons. The Balaban J connectivity index is 1.50. The molecule has 2 heterocycles. The summed E-state index contributed by atoms with van der Waals surface area (Å²) in [5.74, 6) is -1.06. The van der Waals surface area contributed by atoms with E-state index in [1.54, 1.807) is 7.11 Å². The summed E-state index contributed by atoms with van der Waals surface area (Å²) in [6.07, 6.45) is 0.789. The third-order valence-corrected chi connectivity index (χ3v) is 8.54. The highest BCUT2D eigenvalue weighted by molar-refractivity contribution is 7.89. The maximum absolute atomic E-state index is 13.1. The molecule has 0 radical (unpaired) electrons. The van der Waals surface area contributed by atoms with Crippen molar-refractivity contribution < 1.29 is 22.3 Å². The molecule has 2 aromatic carbocycles. The van der Waals surface area contributed by atoms with E-state index in [4.69, 9.17) is 4.74 Å². The minimum atomic E-state index is -3.71. The molecule has 0 bridgehead atoms. The third kappa shape index (κ3) is 4.68. The number of ether oxygens (including phenoxy) is 1. The van der Waals surface area contributed by atoms with Crippen LogP contribution in [-0.4, -0.2) is 50.0 Å². The lowest BCUT2D eigenvalue weighted by molar-refractivity contribution is -0.122. The zero-order valence-electron chi connectivity index (χ0n) is 17.6. The number of sulfonamides is 1. The number of benzene rings is 2. The van der Waals surface area contributed by atoms with Crippen LogP contribution < -0.4 is 4.80 Å². The largest absolute Gasteiger partial charge is 0.383 e. The Bertz CT molecular complexity index is 1270. The van der Waals surface area contributed by atoms with Gasteiger partial charge in [-0.15, -0.1) is 0 Å². The molecule has 1 amide bonds. The summed E-state index contributed by atoms with van der Waals surface area (Å²) in [4.78, 5) is 18.0. The Kier molecular flexibility index (Phi) is 6.85. The number of fused-ring (bicyclic) bond motifs is 1. The first-order valence-electron chi connectivity index (χ1n) is 10.3. The van der Waals surface area contributed by atoms with E-state index in [2.05, 4.69) is 4.99 Å². The highest BCUT2D eigenvalue weighted by atomic mass is 32.2. The second-order valence-electron chi connectivity index (χ2n) is 7.58. The van der Waals surface area contributed by atoms with Crippen molar-refractivity contribution in [3.8, 4) is 0 Å². The topological polar surface area (TPSA) is 81.0 Å². The second-order valence-corrected chi connectivity index (χ2v) is 10.5. The molecule has 3 aromatic rings. The van der Waals surface area contributed by atoms with Crippen molar-refractivity contribution in [2.24, 2.45) is 10.9 Å². The van der Waals surface area contributed by atoms with Crippen molar-refractivity contribution in [1.82, 2.24) is 8.87 Å². The molecule has 0 saturated carbocycles. The Morgan fingerprint density at radius 1 is 1.16 bits per heavy atom. The normalized spacial score (nSPS) is 16.6. The summed E-state index contributed by atoms with van der Waals surface area (Å²) >= 11 is 1.45. The van der Waals surface area contributed by atoms with Gasteiger partial charge in [0.05, 0.1) is 21.7 Å². The molecular weight excluding hydrogens is 453 g/mol. The number of methoxy groups -OCH3 is 1. The Labute approximate surface area is 189 Å². The highest BCUT2D eigenvalue weighted by Gasteiger charge is 2.32. The van der Waals surface area contributed by atoms with E-state index in [1.165, 1.54) is 27.8 Å². The zero-order valence-corrected chi connectivity index (χ0v) is 19.2. The molecule has 10 heteroatoms. The zero-order chi connectivity index (χ0) is 22.7. The van der Waals surface area contributed by atoms with E-state index in [0.717, 1.165) is 22.3 Å². The fourth-order valence-electron chi connectivity index (χ4n) is 3.79. The first-order chi connectivity index (χ1) is 15.4. The first-order valence-corrected chi connectivity index (χ1v) is 12.6. The van der Waals surface area contributed by atoms with Crippen molar-refractivity contribution in [2.75, 3.05) is 26.8 Å². The van der Waals surface area contributed by atoms with Gasteiger partial charge in [0.2, 0.25) is 10.0 Å².